The predicted molar refractivity (Wildman–Crippen MR) is 424 cm³/mol. The van der Waals surface area contributed by atoms with Crippen LogP contribution in [-0.2, 0) is 1080 Å². The topological polar surface area (TPSA) is 53.5 Å². The van der Waals surface area contributed by atoms with E-state index in [4.69, 9.17) is 15.0 Å². The Morgan fingerprint density at radius 1 is 0.185 bits per heavy atom. The Hall–Kier alpha value is 23.9. The van der Waals surface area contributed by atoms with Gasteiger partial charge in [-0.1, -0.05) is 120 Å². The number of benzene rings is 12. The molecule has 0 aliphatic carbocycles. The Kier molecular flexibility index (Phi) is 151. The van der Waals surface area contributed by atoms with Crippen molar-refractivity contribution in [3.63, 3.8) is 0 Å². The number of hydrogen-bond acceptors (Lipinski definition) is 3. The number of fused-ring (bicyclic) bond motifs is 9. The number of rotatable bonds is 9. The van der Waals surface area contributed by atoms with Crippen LogP contribution in [0.1, 0.15) is 50.1 Å². The molecule has 33 radical (unpaired) electrons. The fourth-order valence-electron chi connectivity index (χ4n) is 14.7. The van der Waals surface area contributed by atoms with Crippen LogP contribution in [0.15, 0.2) is 273 Å². The van der Waals surface area contributed by atoms with Gasteiger partial charge in [-0.05, 0) is 149 Å². The molecular formula is C96H72N6Y33-6. The summed E-state index contributed by atoms with van der Waals surface area (Å²) in [4.78, 5) is 16.0. The number of aromatic nitrogens is 6. The molecule has 135 heavy (non-hydrogen) atoms. The summed E-state index contributed by atoms with van der Waals surface area (Å²) in [6.45, 7) is 19.7. The molecule has 12 aromatic carbocycles. The molecule has 0 saturated heterocycles. The summed E-state index contributed by atoms with van der Waals surface area (Å²) >= 11 is 0. The van der Waals surface area contributed by atoms with E-state index in [0.717, 1.165) is 84.6 Å². The minimum absolute atomic E-state index is 0. The molecule has 0 fully saturated rings. The Bertz CT molecular complexity index is 6160. The van der Waals surface area contributed by atoms with Gasteiger partial charge in [0, 0.05) is 1120 Å². The third-order valence-corrected chi connectivity index (χ3v) is 20.7. The average molecular weight is 4240 g/mol. The van der Waals surface area contributed by atoms with Gasteiger partial charge >= 0.3 is 0 Å². The SMILES string of the molecule is Cc1c(-c2c[c-]c(-c3[c-]cccc3)cc2)nc(-n2c3ccccc3c3ccccc32)c(C)c1C.Cc1c(-c2cc[c-]c(-c3[c-]cccc3)c2)nc(-n2c3ccccc3c3ccccc32)c(C)c1C.Cc1c(-c2ccc[c-]c2-c2[c-]cccc2)nc(-n2c3ccccc3c3ccccc32)c(C)c1C.[Y].[Y].[Y].[Y].[Y].[Y].[Y].[Y].[Y].[Y].[Y].[Y].[Y].[Y].[Y].[Y].[Y].[Y].[Y].[Y].[Y].[Y].[Y].[Y].[Y].[Y].[Y].[Y].[Y].[Y].[Y].[Y].[Y]. The van der Waals surface area contributed by atoms with Crippen molar-refractivity contribution in [2.75, 3.05) is 0 Å². The Morgan fingerprint density at radius 3 is 0.733 bits per heavy atom. The molecule has 0 aliphatic heterocycles. The fraction of sp³-hybridized carbons (Fsp3) is 0.0938. The van der Waals surface area contributed by atoms with E-state index in [-0.39, 0.29) is 1080 Å². The number of nitrogens with zero attached hydrogens (tertiary/aromatic N) is 6. The van der Waals surface area contributed by atoms with Crippen LogP contribution in [0.3, 0.4) is 0 Å². The predicted octanol–water partition coefficient (Wildman–Crippen LogP) is 24.0. The van der Waals surface area contributed by atoms with Crippen molar-refractivity contribution in [1.82, 2.24) is 28.7 Å². The Morgan fingerprint density at radius 2 is 0.437 bits per heavy atom. The van der Waals surface area contributed by atoms with Gasteiger partial charge in [0.2, 0.25) is 0 Å². The van der Waals surface area contributed by atoms with Crippen molar-refractivity contribution in [2.24, 2.45) is 0 Å². The number of hydrogen-bond donors (Lipinski definition) is 0. The minimum atomic E-state index is 0. The van der Waals surface area contributed by atoms with Gasteiger partial charge in [-0.3, -0.25) is 13.7 Å². The molecule has 0 atom stereocenters. The minimum Gasteiger partial charge on any atom is -0.294 e. The number of para-hydroxylation sites is 6. The maximum Gasteiger partial charge on any atom is 0.141 e. The van der Waals surface area contributed by atoms with Crippen LogP contribution in [0, 0.1) is 98.7 Å². The van der Waals surface area contributed by atoms with Crippen molar-refractivity contribution in [1.29, 1.82) is 0 Å². The van der Waals surface area contributed by atoms with Crippen LogP contribution in [0.5, 0.6) is 0 Å². The van der Waals surface area contributed by atoms with Gasteiger partial charge in [0.1, 0.15) is 17.5 Å². The molecule has 39 heteroatoms. The van der Waals surface area contributed by atoms with E-state index in [1.54, 1.807) is 0 Å². The summed E-state index contributed by atoms with van der Waals surface area (Å²) in [7, 11) is 0. The largest absolute Gasteiger partial charge is 0.294 e. The summed E-state index contributed by atoms with van der Waals surface area (Å²) < 4.78 is 6.95. The van der Waals surface area contributed by atoms with Crippen LogP contribution in [0.2, 0.25) is 0 Å². The molecular weight excluding hydrogens is 4170 g/mol. The quantitative estimate of drug-likeness (QED) is 0.135. The second kappa shape index (κ2) is 102. The van der Waals surface area contributed by atoms with Crippen molar-refractivity contribution in [3.05, 3.63) is 359 Å². The first kappa shape index (κ1) is 200. The summed E-state index contributed by atoms with van der Waals surface area (Å²) in [6, 6.07) is 115. The van der Waals surface area contributed by atoms with E-state index >= 15 is 0 Å². The van der Waals surface area contributed by atoms with Crippen LogP contribution in [-0.4, -0.2) is 28.7 Å². The second-order valence-electron chi connectivity index (χ2n) is 26.4. The maximum absolute atomic E-state index is 5.36. The monoisotopic (exact) mass is 4240 g/mol. The molecule has 0 bridgehead atoms. The zero-order valence-electron chi connectivity index (χ0n) is 77.7. The van der Waals surface area contributed by atoms with E-state index < -0.39 is 0 Å². The first-order valence-electron chi connectivity index (χ1n) is 34.8. The van der Waals surface area contributed by atoms with Gasteiger partial charge in [-0.2, -0.15) is 115 Å². The second-order valence-corrected chi connectivity index (χ2v) is 26.4. The number of pyridine rings is 3. The van der Waals surface area contributed by atoms with Gasteiger partial charge in [-0.25, -0.2) is 48.3 Å². The molecule has 0 aliphatic rings. The first-order valence-corrected chi connectivity index (χ1v) is 34.8. The molecule has 0 saturated carbocycles. The first-order chi connectivity index (χ1) is 49.9. The van der Waals surface area contributed by atoms with E-state index in [2.05, 4.69) is 313 Å². The molecule has 591 valence electrons. The van der Waals surface area contributed by atoms with Crippen molar-refractivity contribution in [2.45, 2.75) is 62.3 Å². The molecule has 0 amide bonds. The van der Waals surface area contributed by atoms with E-state index in [0.29, 0.717) is 0 Å². The summed E-state index contributed by atoms with van der Waals surface area (Å²) in [5.41, 5.74) is 30.5. The van der Waals surface area contributed by atoms with Gasteiger partial charge < -0.3 is 0 Å². The van der Waals surface area contributed by atoms with Gasteiger partial charge in [0.25, 0.3) is 0 Å². The third kappa shape index (κ3) is 50.1. The van der Waals surface area contributed by atoms with Gasteiger partial charge in [-0.15, -0.1) is 54.1 Å². The van der Waals surface area contributed by atoms with Gasteiger partial charge in [0.15, 0.2) is 0 Å². The normalized spacial score (nSPS) is 8.60. The van der Waals surface area contributed by atoms with E-state index in [9.17, 15) is 0 Å². The molecule has 18 aromatic rings. The fourth-order valence-corrected chi connectivity index (χ4v) is 14.7. The molecule has 6 nitrogen and oxygen atoms in total. The zero-order valence-corrected chi connectivity index (χ0v) is 171. The Labute approximate surface area is 1630 Å². The van der Waals surface area contributed by atoms with Crippen molar-refractivity contribution < 1.29 is 1080 Å². The molecule has 0 unspecified atom stereocenters. The van der Waals surface area contributed by atoms with Crippen LogP contribution in [0.4, 0.5) is 0 Å². The molecule has 6 heterocycles. The summed E-state index contributed by atoms with van der Waals surface area (Å²) in [5.74, 6) is 2.94. The molecule has 0 N–H and O–H groups in total. The summed E-state index contributed by atoms with van der Waals surface area (Å²) in [5, 5.41) is 7.47. The average Bonchev–Trinajstić information content (AvgIpc) is 1.61. The van der Waals surface area contributed by atoms with Crippen molar-refractivity contribution in [3.8, 4) is 84.6 Å². The zero-order chi connectivity index (χ0) is 69.7. The standard InChI is InChI=1S/3C32H24N2.33Y/c1-21-22(2)31(26-15-11-14-25(20-26)24-12-5-4-6-13-24)33-32(23(21)3)34-29-18-9-7-16-27(29)28-17-8-10-19-30(28)34;1-21-22(2)31(26-19-17-25(18-20-26)24-11-5-4-6-12-24)33-32(23(21)3)34-29-15-9-7-13-27(29)28-14-8-10-16-30(28)34;1-21-22(2)31(28-18-8-7-15-25(28)24-13-5-4-6-14-24)33-32(23(21)3)34-29-19-11-9-16-26(29)27-17-10-12-20-30(27)34;;;;;;;;;;;;;;;;;;;;;;;;;;;;;;;;;/h4-12,15-20H,1-3H3;4-11,13-17,19-20H,1-3H3;4-13,16-20H,1-3H3;;;;;;;;;;;;;;;;;;;;;;;;;;;;;;;;;/q3*-2;;;;;;;;;;;;;;;;;;;;;;;;;;;;;;;;;. The molecule has 6 aromatic heterocycles. The third-order valence-electron chi connectivity index (χ3n) is 20.7. The molecule has 18 rings (SSSR count). The molecule has 0 spiro atoms. The van der Waals surface area contributed by atoms with Crippen LogP contribution >= 0.6 is 0 Å². The van der Waals surface area contributed by atoms with Crippen LogP contribution in [0.25, 0.3) is 150 Å². The summed E-state index contributed by atoms with van der Waals surface area (Å²) in [6.07, 6.45) is 0. The van der Waals surface area contributed by atoms with Gasteiger partial charge in [0.05, 0.1) is 38.8 Å². The Balaban J connectivity index is -0.0000000847. The maximum atomic E-state index is 5.36. The smallest absolute Gasteiger partial charge is 0.141 e. The van der Waals surface area contributed by atoms with Crippen LogP contribution < -0.4 is 0 Å². The van der Waals surface area contributed by atoms with E-state index in [1.165, 1.54) is 115 Å². The van der Waals surface area contributed by atoms with Crippen molar-refractivity contribution >= 4 is 65.4 Å². The van der Waals surface area contributed by atoms with E-state index in [1.807, 2.05) is 72.8 Å².